The minimum atomic E-state index is -1.83. The number of aromatic nitrogens is 2. The standard InChI is InChI=1S/C16H18Cl3N5O4/c1-11-20-10-13(24(26)27)23(11)7-8-28-15(25)22-14(16(17,18)19)21-9-12-5-3-2-4-6-12/h2-6,10,14,21H,7-9H2,1H3,(H,22,25)/t14-/m0/s1. The first kappa shape index (κ1) is 22.2. The van der Waals surface area contributed by atoms with Gasteiger partial charge in [-0.15, -0.1) is 0 Å². The number of nitrogens with one attached hydrogen (secondary N) is 2. The largest absolute Gasteiger partial charge is 0.445 e. The van der Waals surface area contributed by atoms with Crippen molar-refractivity contribution in [3.63, 3.8) is 0 Å². The lowest BCUT2D eigenvalue weighted by molar-refractivity contribution is -0.392. The van der Waals surface area contributed by atoms with Crippen LogP contribution in [0.5, 0.6) is 0 Å². The van der Waals surface area contributed by atoms with E-state index in [4.69, 9.17) is 39.5 Å². The summed E-state index contributed by atoms with van der Waals surface area (Å²) in [4.78, 5) is 26.3. The minimum Gasteiger partial charge on any atom is -0.445 e. The SMILES string of the molecule is Cc1ncc([N+](=O)[O-])n1CCOC(=O)N[C@H](NCc1ccccc1)C(Cl)(Cl)Cl. The van der Waals surface area contributed by atoms with Crippen LogP contribution >= 0.6 is 34.8 Å². The lowest BCUT2D eigenvalue weighted by Crippen LogP contribution is -2.53. The Bertz CT molecular complexity index is 810. The molecule has 2 N–H and O–H groups in total. The fourth-order valence-electron chi connectivity index (χ4n) is 2.33. The van der Waals surface area contributed by atoms with Crippen LogP contribution in [0.25, 0.3) is 0 Å². The Morgan fingerprint density at radius 1 is 1.36 bits per heavy atom. The zero-order chi connectivity index (χ0) is 20.7. The second-order valence-electron chi connectivity index (χ2n) is 5.69. The molecule has 1 heterocycles. The monoisotopic (exact) mass is 449 g/mol. The maximum absolute atomic E-state index is 12.0. The molecule has 0 bridgehead atoms. The van der Waals surface area contributed by atoms with Gasteiger partial charge in [0.25, 0.3) is 0 Å². The molecular formula is C16H18Cl3N5O4. The number of carbonyl (C=O) groups excluding carboxylic acids is 1. The molecule has 0 radical (unpaired) electrons. The van der Waals surface area contributed by atoms with Crippen molar-refractivity contribution in [3.8, 4) is 0 Å². The Morgan fingerprint density at radius 3 is 2.64 bits per heavy atom. The molecule has 0 spiro atoms. The van der Waals surface area contributed by atoms with Gasteiger partial charge >= 0.3 is 11.9 Å². The number of halogens is 3. The third-order valence-corrected chi connectivity index (χ3v) is 4.37. The van der Waals surface area contributed by atoms with Gasteiger partial charge < -0.3 is 20.2 Å². The van der Waals surface area contributed by atoms with Gasteiger partial charge in [0.1, 0.15) is 25.5 Å². The number of alkyl halides is 3. The van der Waals surface area contributed by atoms with Crippen LogP contribution in [0.15, 0.2) is 36.5 Å². The molecule has 2 aromatic rings. The first-order chi connectivity index (χ1) is 13.2. The molecule has 1 atom stereocenters. The highest BCUT2D eigenvalue weighted by Crippen LogP contribution is 2.29. The third-order valence-electron chi connectivity index (χ3n) is 3.71. The van der Waals surface area contributed by atoms with Crippen LogP contribution in [0.3, 0.4) is 0 Å². The van der Waals surface area contributed by atoms with Crippen molar-refractivity contribution in [3.05, 3.63) is 58.0 Å². The number of nitrogens with zero attached hydrogens (tertiary/aromatic N) is 3. The quantitative estimate of drug-likeness (QED) is 0.276. The Morgan fingerprint density at radius 2 is 2.04 bits per heavy atom. The van der Waals surface area contributed by atoms with E-state index >= 15 is 0 Å². The van der Waals surface area contributed by atoms with E-state index in [2.05, 4.69) is 15.6 Å². The average molecular weight is 451 g/mol. The number of alkyl carbamates (subject to hydrolysis) is 1. The number of hydrogen-bond acceptors (Lipinski definition) is 6. The van der Waals surface area contributed by atoms with Crippen molar-refractivity contribution in [2.45, 2.75) is 30.0 Å². The maximum atomic E-state index is 12.0. The molecule has 0 unspecified atom stereocenters. The van der Waals surface area contributed by atoms with Crippen LogP contribution in [-0.2, 0) is 17.8 Å². The maximum Gasteiger partial charge on any atom is 0.408 e. The molecular weight excluding hydrogens is 433 g/mol. The fraction of sp³-hybridized carbons (Fsp3) is 0.375. The Hall–Kier alpha value is -2.07. The summed E-state index contributed by atoms with van der Waals surface area (Å²) in [5, 5.41) is 16.3. The van der Waals surface area contributed by atoms with Gasteiger partial charge in [0.15, 0.2) is 5.82 Å². The van der Waals surface area contributed by atoms with Crippen molar-refractivity contribution < 1.29 is 14.5 Å². The van der Waals surface area contributed by atoms with E-state index in [1.807, 2.05) is 30.3 Å². The summed E-state index contributed by atoms with van der Waals surface area (Å²) in [6.07, 6.45) is -0.714. The number of carbonyl (C=O) groups is 1. The minimum absolute atomic E-state index is 0.0610. The van der Waals surface area contributed by atoms with Gasteiger partial charge in [0.2, 0.25) is 3.79 Å². The van der Waals surface area contributed by atoms with E-state index < -0.39 is 21.0 Å². The van der Waals surface area contributed by atoms with Gasteiger partial charge in [0, 0.05) is 13.5 Å². The predicted octanol–water partition coefficient (Wildman–Crippen LogP) is 3.31. The highest BCUT2D eigenvalue weighted by atomic mass is 35.6. The van der Waals surface area contributed by atoms with Gasteiger partial charge in [-0.2, -0.15) is 0 Å². The molecule has 1 amide bonds. The van der Waals surface area contributed by atoms with Crippen LogP contribution in [0.2, 0.25) is 0 Å². The van der Waals surface area contributed by atoms with E-state index in [0.717, 1.165) is 11.8 Å². The zero-order valence-electron chi connectivity index (χ0n) is 14.8. The molecule has 0 saturated heterocycles. The number of hydrogen-bond donors (Lipinski definition) is 2. The lowest BCUT2D eigenvalue weighted by atomic mass is 10.2. The molecule has 0 aliphatic rings. The Labute approximate surface area is 176 Å². The van der Waals surface area contributed by atoms with Crippen molar-refractivity contribution in [2.75, 3.05) is 6.61 Å². The van der Waals surface area contributed by atoms with Crippen LogP contribution in [-0.4, -0.2) is 37.1 Å². The lowest BCUT2D eigenvalue weighted by Gasteiger charge is -2.26. The number of amides is 1. The van der Waals surface area contributed by atoms with E-state index in [0.29, 0.717) is 12.4 Å². The zero-order valence-corrected chi connectivity index (χ0v) is 17.0. The number of nitro groups is 1. The van der Waals surface area contributed by atoms with Gasteiger partial charge in [-0.3, -0.25) is 5.32 Å². The van der Waals surface area contributed by atoms with Gasteiger partial charge in [-0.1, -0.05) is 65.1 Å². The molecule has 28 heavy (non-hydrogen) atoms. The molecule has 1 aromatic carbocycles. The second kappa shape index (κ2) is 9.92. The summed E-state index contributed by atoms with van der Waals surface area (Å²) >= 11 is 17.7. The van der Waals surface area contributed by atoms with Crippen molar-refractivity contribution in [1.29, 1.82) is 0 Å². The summed E-state index contributed by atoms with van der Waals surface area (Å²) < 4.78 is 4.55. The van der Waals surface area contributed by atoms with Crippen LogP contribution < -0.4 is 10.6 Å². The summed E-state index contributed by atoms with van der Waals surface area (Å²) in [5.41, 5.74) is 0.930. The second-order valence-corrected chi connectivity index (χ2v) is 8.06. The number of rotatable bonds is 8. The first-order valence-corrected chi connectivity index (χ1v) is 9.25. The summed E-state index contributed by atoms with van der Waals surface area (Å²) in [5.74, 6) is 0.240. The van der Waals surface area contributed by atoms with Gasteiger partial charge in [0.05, 0.1) is 0 Å². The molecule has 1 aromatic heterocycles. The summed E-state index contributed by atoms with van der Waals surface area (Å²) in [6.45, 7) is 1.89. The molecule has 2 rings (SSSR count). The van der Waals surface area contributed by atoms with Crippen molar-refractivity contribution in [1.82, 2.24) is 20.2 Å². The number of aryl methyl sites for hydroxylation is 1. The number of ether oxygens (including phenoxy) is 1. The summed E-state index contributed by atoms with van der Waals surface area (Å²) in [7, 11) is 0. The highest BCUT2D eigenvalue weighted by molar-refractivity contribution is 6.68. The van der Waals surface area contributed by atoms with Gasteiger partial charge in [-0.25, -0.2) is 14.3 Å². The van der Waals surface area contributed by atoms with Crippen LogP contribution in [0.1, 0.15) is 11.4 Å². The van der Waals surface area contributed by atoms with Crippen LogP contribution in [0, 0.1) is 17.0 Å². The van der Waals surface area contributed by atoms with E-state index in [-0.39, 0.29) is 19.0 Å². The third kappa shape index (κ3) is 6.52. The molecule has 0 saturated carbocycles. The van der Waals surface area contributed by atoms with E-state index in [1.54, 1.807) is 6.92 Å². The molecule has 0 aliphatic heterocycles. The van der Waals surface area contributed by atoms with Crippen molar-refractivity contribution in [2.24, 2.45) is 0 Å². The summed E-state index contributed by atoms with van der Waals surface area (Å²) in [6, 6.07) is 9.35. The molecule has 9 nitrogen and oxygen atoms in total. The first-order valence-electron chi connectivity index (χ1n) is 8.12. The number of imidazole rings is 1. The topological polar surface area (TPSA) is 111 Å². The number of benzene rings is 1. The molecule has 12 heteroatoms. The molecule has 0 aliphatic carbocycles. The smallest absolute Gasteiger partial charge is 0.408 e. The highest BCUT2D eigenvalue weighted by Gasteiger charge is 2.34. The Kier molecular flexibility index (Phi) is 7.88. The van der Waals surface area contributed by atoms with Crippen molar-refractivity contribution >= 4 is 46.7 Å². The van der Waals surface area contributed by atoms with Crippen LogP contribution in [0.4, 0.5) is 10.6 Å². The predicted molar refractivity (Wildman–Crippen MR) is 105 cm³/mol. The van der Waals surface area contributed by atoms with Gasteiger partial charge in [-0.05, 0) is 10.5 Å². The Balaban J connectivity index is 1.88. The molecule has 152 valence electrons. The van der Waals surface area contributed by atoms with E-state index in [1.165, 1.54) is 4.57 Å². The van der Waals surface area contributed by atoms with E-state index in [9.17, 15) is 14.9 Å². The average Bonchev–Trinajstić information content (AvgIpc) is 2.99. The fourth-order valence-corrected chi connectivity index (χ4v) is 2.73. The normalized spacial score (nSPS) is 12.4. The molecule has 0 fully saturated rings.